The molecule has 0 bridgehead atoms. The Morgan fingerprint density at radius 1 is 1.47 bits per heavy atom. The maximum Gasteiger partial charge on any atom is 0.346 e. The number of carboxylic acid groups (broad SMARTS) is 1. The van der Waals surface area contributed by atoms with Crippen molar-refractivity contribution in [1.82, 2.24) is 5.32 Å². The van der Waals surface area contributed by atoms with Crippen LogP contribution in [0.3, 0.4) is 0 Å². The summed E-state index contributed by atoms with van der Waals surface area (Å²) in [6.45, 7) is 5.26. The Morgan fingerprint density at radius 2 is 2.21 bits per heavy atom. The van der Waals surface area contributed by atoms with Crippen LogP contribution in [0.1, 0.15) is 54.8 Å². The molecule has 1 aromatic rings. The van der Waals surface area contributed by atoms with Crippen molar-refractivity contribution >= 4 is 17.3 Å². The van der Waals surface area contributed by atoms with Crippen LogP contribution >= 0.6 is 11.3 Å². The quantitative estimate of drug-likeness (QED) is 0.864. The lowest BCUT2D eigenvalue weighted by Crippen LogP contribution is -2.40. The fourth-order valence-electron chi connectivity index (χ4n) is 3.11. The van der Waals surface area contributed by atoms with Gasteiger partial charge in [0.15, 0.2) is 0 Å². The Hall–Kier alpha value is -0.870. The number of nitrogens with one attached hydrogen (secondary N) is 1. The topological polar surface area (TPSA) is 49.3 Å². The fraction of sp³-hybridized carbons (Fsp3) is 0.667. The third-order valence-corrected chi connectivity index (χ3v) is 5.12. The van der Waals surface area contributed by atoms with E-state index in [0.717, 1.165) is 11.5 Å². The first-order valence-electron chi connectivity index (χ1n) is 7.12. The minimum atomic E-state index is -0.809. The summed E-state index contributed by atoms with van der Waals surface area (Å²) in [6, 6.07) is 2.46. The minimum Gasteiger partial charge on any atom is -0.477 e. The number of aromatic carboxylic acids is 1. The summed E-state index contributed by atoms with van der Waals surface area (Å²) in [5.41, 5.74) is 0.922. The molecule has 0 radical (unpaired) electrons. The van der Waals surface area contributed by atoms with Gasteiger partial charge < -0.3 is 10.4 Å². The Kier molecular flexibility index (Phi) is 4.99. The predicted molar refractivity (Wildman–Crippen MR) is 78.7 cm³/mol. The number of carbonyl (C=O) groups is 1. The highest BCUT2D eigenvalue weighted by Crippen LogP contribution is 2.30. The smallest absolute Gasteiger partial charge is 0.346 e. The molecular formula is C15H23NO2S. The van der Waals surface area contributed by atoms with E-state index in [1.807, 2.05) is 11.4 Å². The number of hydrogen-bond acceptors (Lipinski definition) is 3. The molecule has 2 atom stereocenters. The van der Waals surface area contributed by atoms with Crippen LogP contribution in [-0.2, 0) is 6.54 Å². The zero-order valence-corrected chi connectivity index (χ0v) is 12.5. The Labute approximate surface area is 119 Å². The molecular weight excluding hydrogens is 258 g/mol. The molecule has 1 heterocycles. The van der Waals surface area contributed by atoms with E-state index in [0.29, 0.717) is 23.4 Å². The number of thiophene rings is 1. The average molecular weight is 281 g/mol. The molecule has 1 aliphatic rings. The van der Waals surface area contributed by atoms with E-state index < -0.39 is 5.97 Å². The molecule has 0 aliphatic heterocycles. The molecule has 0 amide bonds. The van der Waals surface area contributed by atoms with Gasteiger partial charge in [-0.15, -0.1) is 11.3 Å². The predicted octanol–water partition coefficient (Wildman–Crippen LogP) is 3.75. The van der Waals surface area contributed by atoms with Crippen molar-refractivity contribution in [2.24, 2.45) is 11.8 Å². The van der Waals surface area contributed by atoms with Gasteiger partial charge in [0.05, 0.1) is 0 Å². The van der Waals surface area contributed by atoms with E-state index in [1.54, 1.807) is 0 Å². The molecule has 2 N–H and O–H groups in total. The van der Waals surface area contributed by atoms with Crippen LogP contribution in [0.5, 0.6) is 0 Å². The van der Waals surface area contributed by atoms with Gasteiger partial charge in [0.1, 0.15) is 4.88 Å². The summed E-state index contributed by atoms with van der Waals surface area (Å²) in [6.07, 6.45) is 5.14. The van der Waals surface area contributed by atoms with Crippen molar-refractivity contribution in [2.75, 3.05) is 0 Å². The van der Waals surface area contributed by atoms with Crippen LogP contribution in [0.25, 0.3) is 0 Å². The van der Waals surface area contributed by atoms with Crippen molar-refractivity contribution < 1.29 is 9.90 Å². The molecule has 1 aliphatic carbocycles. The third kappa shape index (κ3) is 3.57. The first kappa shape index (κ1) is 14.5. The van der Waals surface area contributed by atoms with Gasteiger partial charge in [-0.05, 0) is 41.7 Å². The van der Waals surface area contributed by atoms with Gasteiger partial charge in [0.2, 0.25) is 0 Å². The first-order chi connectivity index (χ1) is 9.09. The third-order valence-electron chi connectivity index (χ3n) is 4.17. The molecule has 3 nitrogen and oxygen atoms in total. The van der Waals surface area contributed by atoms with Gasteiger partial charge >= 0.3 is 5.97 Å². The van der Waals surface area contributed by atoms with Gasteiger partial charge in [-0.3, -0.25) is 0 Å². The average Bonchev–Trinajstić information content (AvgIpc) is 2.85. The standard InChI is InChI=1S/C15H23NO2S/c1-10(2)12-5-3-4-6-13(12)16-9-11-7-8-19-14(11)15(17)18/h7-8,10,12-13,16H,3-6,9H2,1-2H3,(H,17,18). The molecule has 2 rings (SSSR count). The highest BCUT2D eigenvalue weighted by atomic mass is 32.1. The van der Waals surface area contributed by atoms with Crippen molar-refractivity contribution in [3.8, 4) is 0 Å². The Morgan fingerprint density at radius 3 is 2.89 bits per heavy atom. The van der Waals surface area contributed by atoms with Gasteiger partial charge in [0, 0.05) is 12.6 Å². The highest BCUT2D eigenvalue weighted by molar-refractivity contribution is 7.12. The molecule has 1 aromatic heterocycles. The fourth-order valence-corrected chi connectivity index (χ4v) is 3.88. The molecule has 4 heteroatoms. The van der Waals surface area contributed by atoms with Crippen LogP contribution < -0.4 is 5.32 Å². The number of carboxylic acids is 1. The molecule has 19 heavy (non-hydrogen) atoms. The van der Waals surface area contributed by atoms with Crippen LogP contribution in [-0.4, -0.2) is 17.1 Å². The molecule has 0 saturated heterocycles. The lowest BCUT2D eigenvalue weighted by atomic mass is 9.78. The lowest BCUT2D eigenvalue weighted by molar-refractivity contribution is 0.0700. The van der Waals surface area contributed by atoms with Gasteiger partial charge in [-0.2, -0.15) is 0 Å². The van der Waals surface area contributed by atoms with Crippen LogP contribution in [0, 0.1) is 11.8 Å². The largest absolute Gasteiger partial charge is 0.477 e. The van der Waals surface area contributed by atoms with Crippen molar-refractivity contribution in [3.63, 3.8) is 0 Å². The van der Waals surface area contributed by atoms with Crippen LogP contribution in [0.4, 0.5) is 0 Å². The summed E-state index contributed by atoms with van der Waals surface area (Å²) in [4.78, 5) is 11.6. The summed E-state index contributed by atoms with van der Waals surface area (Å²) < 4.78 is 0. The molecule has 0 aromatic carbocycles. The summed E-state index contributed by atoms with van der Waals surface area (Å²) >= 11 is 1.31. The molecule has 1 saturated carbocycles. The Balaban J connectivity index is 1.96. The maximum atomic E-state index is 11.1. The van der Waals surface area contributed by atoms with E-state index >= 15 is 0 Å². The molecule has 0 spiro atoms. The first-order valence-corrected chi connectivity index (χ1v) is 8.00. The van der Waals surface area contributed by atoms with Crippen LogP contribution in [0.15, 0.2) is 11.4 Å². The van der Waals surface area contributed by atoms with Crippen molar-refractivity contribution in [1.29, 1.82) is 0 Å². The van der Waals surface area contributed by atoms with Crippen molar-refractivity contribution in [3.05, 3.63) is 21.9 Å². The number of hydrogen-bond donors (Lipinski definition) is 2. The van der Waals surface area contributed by atoms with E-state index in [9.17, 15) is 4.79 Å². The second kappa shape index (κ2) is 6.53. The van der Waals surface area contributed by atoms with Gasteiger partial charge in [0.25, 0.3) is 0 Å². The van der Waals surface area contributed by atoms with Crippen molar-refractivity contribution in [2.45, 2.75) is 52.1 Å². The summed E-state index contributed by atoms with van der Waals surface area (Å²) in [7, 11) is 0. The lowest BCUT2D eigenvalue weighted by Gasteiger charge is -2.35. The van der Waals surface area contributed by atoms with E-state index in [2.05, 4.69) is 19.2 Å². The zero-order chi connectivity index (χ0) is 13.8. The minimum absolute atomic E-state index is 0.476. The summed E-state index contributed by atoms with van der Waals surface area (Å²) in [5.74, 6) is 0.607. The second-order valence-electron chi connectivity index (χ2n) is 5.76. The Bertz CT molecular complexity index is 428. The van der Waals surface area contributed by atoms with E-state index in [1.165, 1.54) is 37.0 Å². The van der Waals surface area contributed by atoms with E-state index in [4.69, 9.17) is 5.11 Å². The zero-order valence-electron chi connectivity index (χ0n) is 11.7. The normalized spacial score (nSPS) is 23.7. The summed E-state index contributed by atoms with van der Waals surface area (Å²) in [5, 5.41) is 14.6. The number of rotatable bonds is 5. The molecule has 2 unspecified atom stereocenters. The SMILES string of the molecule is CC(C)C1CCCCC1NCc1ccsc1C(=O)O. The second-order valence-corrected chi connectivity index (χ2v) is 6.68. The molecule has 106 valence electrons. The molecule has 1 fully saturated rings. The monoisotopic (exact) mass is 281 g/mol. The van der Waals surface area contributed by atoms with Gasteiger partial charge in [-0.1, -0.05) is 26.7 Å². The maximum absolute atomic E-state index is 11.1. The van der Waals surface area contributed by atoms with Crippen LogP contribution in [0.2, 0.25) is 0 Å². The van der Waals surface area contributed by atoms with E-state index in [-0.39, 0.29) is 0 Å². The van der Waals surface area contributed by atoms with Gasteiger partial charge in [-0.25, -0.2) is 4.79 Å². The highest BCUT2D eigenvalue weighted by Gasteiger charge is 2.27.